The van der Waals surface area contributed by atoms with Gasteiger partial charge in [0.05, 0.1) is 11.6 Å². The number of nitrogens with one attached hydrogen (secondary N) is 1. The fraction of sp³-hybridized carbons (Fsp3) is 0.0476. The van der Waals surface area contributed by atoms with Crippen LogP contribution in [0.15, 0.2) is 77.4 Å². The first-order valence-electron chi connectivity index (χ1n) is 8.57. The average Bonchev–Trinajstić information content (AvgIpc) is 3.38. The van der Waals surface area contributed by atoms with Crippen LogP contribution in [-0.2, 0) is 11.3 Å². The minimum Gasteiger partial charge on any atom is -0.334 e. The van der Waals surface area contributed by atoms with E-state index in [0.29, 0.717) is 28.7 Å². The minimum absolute atomic E-state index is 0.0716. The van der Waals surface area contributed by atoms with Crippen molar-refractivity contribution in [1.29, 1.82) is 5.26 Å². The highest BCUT2D eigenvalue weighted by atomic mass is 16.5. The second-order valence-corrected chi connectivity index (χ2v) is 6.05. The summed E-state index contributed by atoms with van der Waals surface area (Å²) in [5, 5.41) is 15.8. The van der Waals surface area contributed by atoms with Crippen LogP contribution in [0.3, 0.4) is 0 Å². The molecule has 0 saturated heterocycles. The van der Waals surface area contributed by atoms with Crippen LogP contribution in [0.25, 0.3) is 23.0 Å². The Labute approximate surface area is 160 Å². The van der Waals surface area contributed by atoms with Crippen molar-refractivity contribution in [2.45, 2.75) is 6.54 Å². The number of amides is 1. The number of aromatic nitrogens is 3. The van der Waals surface area contributed by atoms with Crippen LogP contribution in [0.1, 0.15) is 5.56 Å². The summed E-state index contributed by atoms with van der Waals surface area (Å²) >= 11 is 0. The Bertz CT molecular complexity index is 1150. The van der Waals surface area contributed by atoms with Crippen molar-refractivity contribution in [2.24, 2.45) is 0 Å². The second kappa shape index (κ2) is 7.60. The number of hydrogen-bond acceptors (Lipinski definition) is 5. The second-order valence-electron chi connectivity index (χ2n) is 6.05. The fourth-order valence-corrected chi connectivity index (χ4v) is 2.80. The molecule has 2 aromatic heterocycles. The molecule has 4 aromatic rings. The Hall–Kier alpha value is -4.18. The summed E-state index contributed by atoms with van der Waals surface area (Å²) in [5.74, 6) is 0.597. The molecule has 0 atom stereocenters. The summed E-state index contributed by atoms with van der Waals surface area (Å²) in [6.45, 7) is 0.0716. The molecule has 4 rings (SSSR count). The maximum absolute atomic E-state index is 12.4. The maximum Gasteiger partial charge on any atom is 0.274 e. The highest BCUT2D eigenvalue weighted by Crippen LogP contribution is 2.22. The number of carbonyl (C=O) groups is 1. The minimum atomic E-state index is -0.227. The van der Waals surface area contributed by atoms with Gasteiger partial charge in [-0.1, -0.05) is 41.6 Å². The molecule has 2 heterocycles. The lowest BCUT2D eigenvalue weighted by atomic mass is 10.2. The Morgan fingerprint density at radius 1 is 1.11 bits per heavy atom. The van der Waals surface area contributed by atoms with Gasteiger partial charge in [0.25, 0.3) is 5.89 Å². The first-order chi connectivity index (χ1) is 13.7. The highest BCUT2D eigenvalue weighted by molar-refractivity contribution is 5.91. The zero-order chi connectivity index (χ0) is 19.3. The quantitative estimate of drug-likeness (QED) is 0.578. The number of carbonyl (C=O) groups excluding carboxylic acids is 1. The Morgan fingerprint density at radius 2 is 1.96 bits per heavy atom. The standard InChI is InChI=1S/C21H15N5O2/c22-13-15-6-4-9-17(12-15)23-19(27)14-26-11-5-10-18(26)21-24-20(25-28-21)16-7-2-1-3-8-16/h1-12H,14H2,(H,23,27). The van der Waals surface area contributed by atoms with Gasteiger partial charge in [-0.3, -0.25) is 4.79 Å². The van der Waals surface area contributed by atoms with Gasteiger partial charge in [0.15, 0.2) is 0 Å². The van der Waals surface area contributed by atoms with E-state index in [0.717, 1.165) is 5.56 Å². The molecule has 0 unspecified atom stereocenters. The lowest BCUT2D eigenvalue weighted by Crippen LogP contribution is -2.18. The Kier molecular flexibility index (Phi) is 4.68. The van der Waals surface area contributed by atoms with E-state index in [1.54, 1.807) is 35.0 Å². The topological polar surface area (TPSA) is 96.7 Å². The zero-order valence-electron chi connectivity index (χ0n) is 14.7. The predicted molar refractivity (Wildman–Crippen MR) is 103 cm³/mol. The monoisotopic (exact) mass is 369 g/mol. The molecule has 7 heteroatoms. The number of anilines is 1. The molecule has 7 nitrogen and oxygen atoms in total. The largest absolute Gasteiger partial charge is 0.334 e. The molecule has 1 amide bonds. The molecule has 28 heavy (non-hydrogen) atoms. The first-order valence-corrected chi connectivity index (χ1v) is 8.57. The third-order valence-corrected chi connectivity index (χ3v) is 4.10. The van der Waals surface area contributed by atoms with Gasteiger partial charge in [0.2, 0.25) is 11.7 Å². The van der Waals surface area contributed by atoms with Gasteiger partial charge in [0.1, 0.15) is 12.2 Å². The molecule has 0 aliphatic rings. The van der Waals surface area contributed by atoms with Crippen LogP contribution < -0.4 is 5.32 Å². The van der Waals surface area contributed by atoms with Gasteiger partial charge >= 0.3 is 0 Å². The molecule has 0 bridgehead atoms. The van der Waals surface area contributed by atoms with Gasteiger partial charge in [-0.15, -0.1) is 0 Å². The molecule has 0 saturated carbocycles. The average molecular weight is 369 g/mol. The Morgan fingerprint density at radius 3 is 2.79 bits per heavy atom. The molecule has 1 N–H and O–H groups in total. The fourth-order valence-electron chi connectivity index (χ4n) is 2.80. The van der Waals surface area contributed by atoms with Gasteiger partial charge in [-0.2, -0.15) is 10.2 Å². The summed E-state index contributed by atoms with van der Waals surface area (Å²) in [5.41, 5.74) is 2.56. The molecule has 0 aliphatic heterocycles. The van der Waals surface area contributed by atoms with E-state index in [1.165, 1.54) is 0 Å². The summed E-state index contributed by atoms with van der Waals surface area (Å²) in [6.07, 6.45) is 1.77. The van der Waals surface area contributed by atoms with Gasteiger partial charge < -0.3 is 14.4 Å². The van der Waals surface area contributed by atoms with Gasteiger partial charge in [-0.05, 0) is 30.3 Å². The van der Waals surface area contributed by atoms with E-state index >= 15 is 0 Å². The predicted octanol–water partition coefficient (Wildman–Crippen LogP) is 3.72. The molecule has 0 aliphatic carbocycles. The lowest BCUT2D eigenvalue weighted by molar-refractivity contribution is -0.116. The first kappa shape index (κ1) is 17.2. The van der Waals surface area contributed by atoms with Crippen molar-refractivity contribution < 1.29 is 9.32 Å². The summed E-state index contributed by atoms with van der Waals surface area (Å²) in [6, 6.07) is 22.0. The van der Waals surface area contributed by atoms with Crippen LogP contribution in [-0.4, -0.2) is 20.6 Å². The van der Waals surface area contributed by atoms with Crippen LogP contribution in [0.2, 0.25) is 0 Å². The maximum atomic E-state index is 12.4. The van der Waals surface area contributed by atoms with Crippen LogP contribution in [0.5, 0.6) is 0 Å². The third kappa shape index (κ3) is 3.66. The lowest BCUT2D eigenvalue weighted by Gasteiger charge is -2.08. The van der Waals surface area contributed by atoms with Crippen molar-refractivity contribution >= 4 is 11.6 Å². The number of nitrogens with zero attached hydrogens (tertiary/aromatic N) is 4. The normalized spacial score (nSPS) is 10.4. The van der Waals surface area contributed by atoms with E-state index in [1.807, 2.05) is 48.5 Å². The number of nitriles is 1. The summed E-state index contributed by atoms with van der Waals surface area (Å²) in [4.78, 5) is 16.8. The molecular weight excluding hydrogens is 354 g/mol. The smallest absolute Gasteiger partial charge is 0.274 e. The van der Waals surface area contributed by atoms with Crippen molar-refractivity contribution in [3.63, 3.8) is 0 Å². The van der Waals surface area contributed by atoms with E-state index in [2.05, 4.69) is 15.5 Å². The molecule has 0 radical (unpaired) electrons. The van der Waals surface area contributed by atoms with Crippen molar-refractivity contribution in [3.05, 3.63) is 78.5 Å². The van der Waals surface area contributed by atoms with Crippen molar-refractivity contribution in [1.82, 2.24) is 14.7 Å². The Balaban J connectivity index is 1.51. The van der Waals surface area contributed by atoms with Crippen LogP contribution >= 0.6 is 0 Å². The zero-order valence-corrected chi connectivity index (χ0v) is 14.7. The molecule has 0 spiro atoms. The van der Waals surface area contributed by atoms with E-state index in [-0.39, 0.29) is 12.5 Å². The molecule has 0 fully saturated rings. The number of rotatable bonds is 5. The third-order valence-electron chi connectivity index (χ3n) is 4.10. The van der Waals surface area contributed by atoms with Gasteiger partial charge in [0, 0.05) is 17.4 Å². The summed E-state index contributed by atoms with van der Waals surface area (Å²) in [7, 11) is 0. The number of hydrogen-bond donors (Lipinski definition) is 1. The van der Waals surface area contributed by atoms with E-state index in [9.17, 15) is 4.79 Å². The molecule has 2 aromatic carbocycles. The van der Waals surface area contributed by atoms with Crippen LogP contribution in [0.4, 0.5) is 5.69 Å². The van der Waals surface area contributed by atoms with E-state index < -0.39 is 0 Å². The summed E-state index contributed by atoms with van der Waals surface area (Å²) < 4.78 is 7.11. The SMILES string of the molecule is N#Cc1cccc(NC(=O)Cn2cccc2-c2nc(-c3ccccc3)no2)c1. The number of benzene rings is 2. The molecular formula is C21H15N5O2. The molecule has 136 valence electrons. The van der Waals surface area contributed by atoms with Gasteiger partial charge in [-0.25, -0.2) is 0 Å². The van der Waals surface area contributed by atoms with E-state index in [4.69, 9.17) is 9.78 Å². The highest BCUT2D eigenvalue weighted by Gasteiger charge is 2.15. The van der Waals surface area contributed by atoms with Crippen molar-refractivity contribution in [3.8, 4) is 29.0 Å². The van der Waals surface area contributed by atoms with Crippen molar-refractivity contribution in [2.75, 3.05) is 5.32 Å². The van der Waals surface area contributed by atoms with Crippen LogP contribution in [0, 0.1) is 11.3 Å².